The first-order valence-corrected chi connectivity index (χ1v) is 10.1. The Morgan fingerprint density at radius 2 is 1.69 bits per heavy atom. The van der Waals surface area contributed by atoms with E-state index in [-0.39, 0.29) is 24.0 Å². The molecule has 0 atom stereocenters. The van der Waals surface area contributed by atoms with Gasteiger partial charge in [0, 0.05) is 10.6 Å². The Labute approximate surface area is 194 Å². The first kappa shape index (κ1) is 23.2. The number of halogens is 1. The number of hydrogen-bond donors (Lipinski definition) is 0. The summed E-state index contributed by atoms with van der Waals surface area (Å²) in [5.74, 6) is -1.21. The molecule has 3 rings (SSSR count). The van der Waals surface area contributed by atoms with Gasteiger partial charge in [0.2, 0.25) is 0 Å². The fourth-order valence-corrected chi connectivity index (χ4v) is 3.40. The van der Waals surface area contributed by atoms with Crippen LogP contribution in [-0.4, -0.2) is 55.2 Å². The lowest BCUT2D eigenvalue weighted by atomic mass is 10.1. The molecular formula is C22H19ClN2O6S. The SMILES string of the molecule is COC(=O)COc1ccccc1/C=C1/C(=O)N(c2ccc(Cl)cc2)C(=S)N1CC(=O)OC. The molecule has 10 heteroatoms. The van der Waals surface area contributed by atoms with Gasteiger partial charge in [0.1, 0.15) is 18.0 Å². The number of para-hydroxylation sites is 1. The third kappa shape index (κ3) is 5.06. The van der Waals surface area contributed by atoms with Crippen LogP contribution in [0.5, 0.6) is 5.75 Å². The first-order valence-electron chi connectivity index (χ1n) is 9.34. The second-order valence-corrected chi connectivity index (χ2v) is 7.30. The van der Waals surface area contributed by atoms with E-state index in [4.69, 9.17) is 33.3 Å². The van der Waals surface area contributed by atoms with Crippen molar-refractivity contribution in [2.24, 2.45) is 0 Å². The molecule has 2 aromatic rings. The van der Waals surface area contributed by atoms with Crippen LogP contribution < -0.4 is 9.64 Å². The number of nitrogens with zero attached hydrogens (tertiary/aromatic N) is 2. The van der Waals surface area contributed by atoms with Gasteiger partial charge in [-0.3, -0.25) is 14.5 Å². The van der Waals surface area contributed by atoms with Crippen LogP contribution in [0.4, 0.5) is 5.69 Å². The predicted octanol–water partition coefficient (Wildman–Crippen LogP) is 3.04. The molecule has 0 bridgehead atoms. The maximum absolute atomic E-state index is 13.3. The molecule has 0 N–H and O–H groups in total. The Hall–Kier alpha value is -3.43. The minimum absolute atomic E-state index is 0.113. The van der Waals surface area contributed by atoms with Gasteiger partial charge in [0.15, 0.2) is 11.7 Å². The van der Waals surface area contributed by atoms with Crippen LogP contribution >= 0.6 is 23.8 Å². The minimum atomic E-state index is -0.570. The number of esters is 2. The van der Waals surface area contributed by atoms with Gasteiger partial charge in [0.25, 0.3) is 5.91 Å². The zero-order valence-corrected chi connectivity index (χ0v) is 18.8. The molecule has 0 radical (unpaired) electrons. The Balaban J connectivity index is 2.02. The number of carbonyl (C=O) groups excluding carboxylic acids is 3. The van der Waals surface area contributed by atoms with Gasteiger partial charge in [-0.05, 0) is 48.6 Å². The van der Waals surface area contributed by atoms with E-state index in [9.17, 15) is 14.4 Å². The summed E-state index contributed by atoms with van der Waals surface area (Å²) in [5.41, 5.74) is 1.15. The number of methoxy groups -OCH3 is 2. The Bertz CT molecular complexity index is 1090. The molecule has 1 heterocycles. The van der Waals surface area contributed by atoms with Gasteiger partial charge < -0.3 is 19.1 Å². The number of benzene rings is 2. The Morgan fingerprint density at radius 3 is 2.34 bits per heavy atom. The van der Waals surface area contributed by atoms with Crippen molar-refractivity contribution < 1.29 is 28.6 Å². The number of ether oxygens (including phenoxy) is 3. The zero-order valence-electron chi connectivity index (χ0n) is 17.2. The monoisotopic (exact) mass is 474 g/mol. The summed E-state index contributed by atoms with van der Waals surface area (Å²) in [4.78, 5) is 39.5. The van der Waals surface area contributed by atoms with Gasteiger partial charge in [0.05, 0.1) is 19.9 Å². The van der Waals surface area contributed by atoms with E-state index < -0.39 is 17.8 Å². The number of carbonyl (C=O) groups is 3. The average Bonchev–Trinajstić information content (AvgIpc) is 3.02. The van der Waals surface area contributed by atoms with Gasteiger partial charge >= 0.3 is 11.9 Å². The lowest BCUT2D eigenvalue weighted by Gasteiger charge is -2.19. The standard InChI is InChI=1S/C22H19ClN2O6S/c1-29-19(26)12-24-17(11-14-5-3-4-6-18(14)31-13-20(27)30-2)21(28)25(22(24)32)16-9-7-15(23)8-10-16/h3-11H,12-13H2,1-2H3/b17-11-. The van der Waals surface area contributed by atoms with Gasteiger partial charge in [-0.1, -0.05) is 29.8 Å². The molecular weight excluding hydrogens is 456 g/mol. The fraction of sp³-hybridized carbons (Fsp3) is 0.182. The molecule has 1 aliphatic rings. The van der Waals surface area contributed by atoms with Crippen LogP contribution in [0.2, 0.25) is 5.02 Å². The molecule has 0 aromatic heterocycles. The molecule has 0 unspecified atom stereocenters. The highest BCUT2D eigenvalue weighted by Gasteiger charge is 2.40. The van der Waals surface area contributed by atoms with Crippen LogP contribution in [0.3, 0.4) is 0 Å². The Kier molecular flexibility index (Phi) is 7.45. The van der Waals surface area contributed by atoms with Crippen LogP contribution in [0.1, 0.15) is 5.56 Å². The molecule has 0 saturated carbocycles. The van der Waals surface area contributed by atoms with E-state index in [0.717, 1.165) is 0 Å². The van der Waals surface area contributed by atoms with Crippen molar-refractivity contribution in [3.63, 3.8) is 0 Å². The summed E-state index contributed by atoms with van der Waals surface area (Å²) in [7, 11) is 2.51. The number of rotatable bonds is 7. The predicted molar refractivity (Wildman–Crippen MR) is 122 cm³/mol. The molecule has 0 aliphatic carbocycles. The van der Waals surface area contributed by atoms with E-state index in [1.54, 1.807) is 54.6 Å². The van der Waals surface area contributed by atoms with Crippen molar-refractivity contribution in [3.8, 4) is 5.75 Å². The lowest BCUT2D eigenvalue weighted by Crippen LogP contribution is -2.35. The summed E-state index contributed by atoms with van der Waals surface area (Å²) in [6.07, 6.45) is 1.54. The normalized spacial score (nSPS) is 14.7. The van der Waals surface area contributed by atoms with E-state index in [2.05, 4.69) is 4.74 Å². The minimum Gasteiger partial charge on any atom is -0.481 e. The van der Waals surface area contributed by atoms with Crippen molar-refractivity contribution in [1.29, 1.82) is 0 Å². The maximum Gasteiger partial charge on any atom is 0.343 e. The van der Waals surface area contributed by atoms with E-state index in [0.29, 0.717) is 22.0 Å². The topological polar surface area (TPSA) is 85.4 Å². The summed E-state index contributed by atoms with van der Waals surface area (Å²) in [6, 6.07) is 13.4. The zero-order chi connectivity index (χ0) is 23.3. The third-order valence-electron chi connectivity index (χ3n) is 4.52. The van der Waals surface area contributed by atoms with Crippen molar-refractivity contribution in [1.82, 2.24) is 4.90 Å². The second-order valence-electron chi connectivity index (χ2n) is 6.49. The van der Waals surface area contributed by atoms with Crippen molar-refractivity contribution in [3.05, 3.63) is 64.8 Å². The van der Waals surface area contributed by atoms with E-state index in [1.807, 2.05) is 0 Å². The van der Waals surface area contributed by atoms with Crippen molar-refractivity contribution in [2.75, 3.05) is 32.3 Å². The van der Waals surface area contributed by atoms with Gasteiger partial charge in [-0.2, -0.15) is 0 Å². The Morgan fingerprint density at radius 1 is 1.03 bits per heavy atom. The number of thiocarbonyl (C=S) groups is 1. The van der Waals surface area contributed by atoms with Gasteiger partial charge in [-0.15, -0.1) is 0 Å². The van der Waals surface area contributed by atoms with Crippen molar-refractivity contribution >= 4 is 58.5 Å². The molecule has 166 valence electrons. The molecule has 2 aromatic carbocycles. The number of hydrogen-bond acceptors (Lipinski definition) is 7. The highest BCUT2D eigenvalue weighted by Crippen LogP contribution is 2.31. The van der Waals surface area contributed by atoms with Crippen LogP contribution in [-0.2, 0) is 23.9 Å². The quantitative estimate of drug-likeness (QED) is 0.344. The van der Waals surface area contributed by atoms with Crippen molar-refractivity contribution in [2.45, 2.75) is 0 Å². The van der Waals surface area contributed by atoms with Crippen LogP contribution in [0, 0.1) is 0 Å². The smallest absolute Gasteiger partial charge is 0.343 e. The largest absolute Gasteiger partial charge is 0.481 e. The van der Waals surface area contributed by atoms with E-state index in [1.165, 1.54) is 24.0 Å². The number of anilines is 1. The first-order chi connectivity index (χ1) is 15.3. The highest BCUT2D eigenvalue weighted by molar-refractivity contribution is 7.80. The summed E-state index contributed by atoms with van der Waals surface area (Å²) in [5, 5.41) is 0.618. The van der Waals surface area contributed by atoms with Crippen LogP contribution in [0.25, 0.3) is 6.08 Å². The summed E-state index contributed by atoms with van der Waals surface area (Å²) < 4.78 is 14.9. The maximum atomic E-state index is 13.3. The second kappa shape index (κ2) is 10.3. The van der Waals surface area contributed by atoms with E-state index >= 15 is 0 Å². The fourth-order valence-electron chi connectivity index (χ4n) is 2.92. The average molecular weight is 475 g/mol. The highest BCUT2D eigenvalue weighted by atomic mass is 35.5. The molecule has 32 heavy (non-hydrogen) atoms. The van der Waals surface area contributed by atoms with Crippen LogP contribution in [0.15, 0.2) is 54.2 Å². The lowest BCUT2D eigenvalue weighted by molar-refractivity contribution is -0.143. The summed E-state index contributed by atoms with van der Waals surface area (Å²) >= 11 is 11.5. The molecule has 8 nitrogen and oxygen atoms in total. The summed E-state index contributed by atoms with van der Waals surface area (Å²) in [6.45, 7) is -0.562. The third-order valence-corrected chi connectivity index (χ3v) is 5.17. The molecule has 1 saturated heterocycles. The number of amides is 1. The molecule has 1 amide bonds. The molecule has 0 spiro atoms. The molecule has 1 aliphatic heterocycles. The molecule has 1 fully saturated rings. The van der Waals surface area contributed by atoms with Gasteiger partial charge in [-0.25, -0.2) is 4.79 Å².